The van der Waals surface area contributed by atoms with E-state index < -0.39 is 6.04 Å². The first-order chi connectivity index (χ1) is 17.8. The molecule has 0 heterocycles. The molecule has 3 aromatic carbocycles. The Balaban J connectivity index is 1.70. The summed E-state index contributed by atoms with van der Waals surface area (Å²) in [5, 5.41) is 4.85. The lowest BCUT2D eigenvalue weighted by Gasteiger charge is -2.33. The van der Waals surface area contributed by atoms with Gasteiger partial charge < -0.3 is 10.2 Å². The number of amides is 2. The molecule has 0 aromatic heterocycles. The Hall–Kier alpha value is -2.24. The average Bonchev–Trinajstić information content (AvgIpc) is 3.38. The van der Waals surface area contributed by atoms with Crippen LogP contribution in [0.5, 0.6) is 0 Å². The van der Waals surface area contributed by atoms with Crippen LogP contribution in [0.3, 0.4) is 0 Å². The van der Waals surface area contributed by atoms with Gasteiger partial charge in [0.2, 0.25) is 11.8 Å². The third kappa shape index (κ3) is 7.42. The molecule has 0 bridgehead atoms. The SMILES string of the molecule is O=C(NC1CCCC1)C(Cc1ccccc1)N(Cc1c(Cl)cccc1Cl)C(=O)Cc1ccc(Cl)c(Cl)c1. The highest BCUT2D eigenvalue weighted by Gasteiger charge is 2.33. The molecule has 194 valence electrons. The van der Waals surface area contributed by atoms with Crippen LogP contribution < -0.4 is 5.32 Å². The van der Waals surface area contributed by atoms with Gasteiger partial charge in [-0.2, -0.15) is 0 Å². The molecule has 1 fully saturated rings. The zero-order valence-electron chi connectivity index (χ0n) is 20.2. The molecule has 0 spiro atoms. The molecule has 1 aliphatic carbocycles. The third-order valence-corrected chi connectivity index (χ3v) is 8.15. The van der Waals surface area contributed by atoms with Crippen molar-refractivity contribution in [1.82, 2.24) is 10.2 Å². The number of hydrogen-bond donors (Lipinski definition) is 1. The van der Waals surface area contributed by atoms with Gasteiger partial charge >= 0.3 is 0 Å². The van der Waals surface area contributed by atoms with Crippen molar-refractivity contribution in [2.24, 2.45) is 0 Å². The Morgan fingerprint density at radius 2 is 1.49 bits per heavy atom. The number of nitrogens with zero attached hydrogens (tertiary/aromatic N) is 1. The van der Waals surface area contributed by atoms with Gasteiger partial charge in [0.05, 0.1) is 16.5 Å². The Morgan fingerprint density at radius 1 is 0.811 bits per heavy atom. The predicted octanol–water partition coefficient (Wildman–Crippen LogP) is 7.54. The molecule has 8 heteroatoms. The van der Waals surface area contributed by atoms with Crippen LogP contribution in [0, 0.1) is 0 Å². The zero-order chi connectivity index (χ0) is 26.4. The van der Waals surface area contributed by atoms with E-state index in [0.29, 0.717) is 37.6 Å². The van der Waals surface area contributed by atoms with Crippen LogP contribution >= 0.6 is 46.4 Å². The number of halogens is 4. The molecule has 37 heavy (non-hydrogen) atoms. The highest BCUT2D eigenvalue weighted by atomic mass is 35.5. The summed E-state index contributed by atoms with van der Waals surface area (Å²) in [5.41, 5.74) is 2.25. The summed E-state index contributed by atoms with van der Waals surface area (Å²) in [6.07, 6.45) is 4.46. The maximum Gasteiger partial charge on any atom is 0.243 e. The summed E-state index contributed by atoms with van der Waals surface area (Å²) in [6.45, 7) is 0.0915. The fourth-order valence-electron chi connectivity index (χ4n) is 4.70. The number of carbonyl (C=O) groups excluding carboxylic acids is 2. The van der Waals surface area contributed by atoms with Crippen LogP contribution in [0.2, 0.25) is 20.1 Å². The van der Waals surface area contributed by atoms with Gasteiger partial charge in [0.15, 0.2) is 0 Å². The van der Waals surface area contributed by atoms with E-state index in [0.717, 1.165) is 31.2 Å². The molecule has 1 N–H and O–H groups in total. The average molecular weight is 578 g/mol. The number of nitrogens with one attached hydrogen (secondary N) is 1. The minimum absolute atomic E-state index is 0.0426. The molecular weight excluding hydrogens is 550 g/mol. The minimum atomic E-state index is -0.759. The maximum absolute atomic E-state index is 13.9. The number of hydrogen-bond acceptors (Lipinski definition) is 2. The van der Waals surface area contributed by atoms with Crippen molar-refractivity contribution in [2.45, 2.75) is 57.2 Å². The van der Waals surface area contributed by atoms with Crippen molar-refractivity contribution in [3.63, 3.8) is 0 Å². The van der Waals surface area contributed by atoms with E-state index in [-0.39, 0.29) is 30.8 Å². The first-order valence-electron chi connectivity index (χ1n) is 12.3. The van der Waals surface area contributed by atoms with E-state index in [9.17, 15) is 9.59 Å². The lowest BCUT2D eigenvalue weighted by Crippen LogP contribution is -2.52. The summed E-state index contributed by atoms with van der Waals surface area (Å²) in [6, 6.07) is 19.4. The van der Waals surface area contributed by atoms with E-state index in [4.69, 9.17) is 46.4 Å². The first-order valence-corrected chi connectivity index (χ1v) is 13.8. The topological polar surface area (TPSA) is 49.4 Å². The van der Waals surface area contributed by atoms with Crippen LogP contribution in [0.1, 0.15) is 42.4 Å². The van der Waals surface area contributed by atoms with E-state index in [2.05, 4.69) is 5.32 Å². The van der Waals surface area contributed by atoms with Crippen LogP contribution in [0.15, 0.2) is 66.7 Å². The van der Waals surface area contributed by atoms with Crippen LogP contribution in [0.25, 0.3) is 0 Å². The van der Waals surface area contributed by atoms with Gasteiger partial charge in [-0.3, -0.25) is 9.59 Å². The van der Waals surface area contributed by atoms with E-state index in [1.54, 1.807) is 41.3 Å². The van der Waals surface area contributed by atoms with Crippen molar-refractivity contribution in [3.05, 3.63) is 104 Å². The van der Waals surface area contributed by atoms with E-state index in [1.807, 2.05) is 30.3 Å². The second-order valence-corrected chi connectivity index (χ2v) is 11.0. The van der Waals surface area contributed by atoms with Crippen molar-refractivity contribution in [2.75, 3.05) is 0 Å². The van der Waals surface area contributed by atoms with Gasteiger partial charge in [0, 0.05) is 34.6 Å². The fourth-order valence-corrected chi connectivity index (χ4v) is 5.54. The highest BCUT2D eigenvalue weighted by Crippen LogP contribution is 2.29. The molecule has 2 amide bonds. The molecule has 1 unspecified atom stereocenters. The first kappa shape index (κ1) is 27.8. The molecule has 4 rings (SSSR count). The summed E-state index contributed by atoms with van der Waals surface area (Å²) < 4.78 is 0. The summed E-state index contributed by atoms with van der Waals surface area (Å²) in [4.78, 5) is 29.2. The summed E-state index contributed by atoms with van der Waals surface area (Å²) in [7, 11) is 0. The Bertz CT molecular complexity index is 1230. The molecule has 4 nitrogen and oxygen atoms in total. The molecule has 0 saturated heterocycles. The molecule has 3 aromatic rings. The molecule has 1 atom stereocenters. The number of carbonyl (C=O) groups is 2. The zero-order valence-corrected chi connectivity index (χ0v) is 23.3. The quantitative estimate of drug-likeness (QED) is 0.285. The van der Waals surface area contributed by atoms with Crippen molar-refractivity contribution < 1.29 is 9.59 Å². The Kier molecular flexibility index (Phi) is 9.77. The molecule has 1 aliphatic rings. The summed E-state index contributed by atoms with van der Waals surface area (Å²) >= 11 is 25.3. The van der Waals surface area contributed by atoms with Crippen molar-refractivity contribution >= 4 is 58.2 Å². The number of rotatable bonds is 9. The van der Waals surface area contributed by atoms with Crippen molar-refractivity contribution in [1.29, 1.82) is 0 Å². The van der Waals surface area contributed by atoms with Crippen LogP contribution in [-0.4, -0.2) is 28.8 Å². The molecule has 0 aliphatic heterocycles. The third-order valence-electron chi connectivity index (χ3n) is 6.70. The van der Waals surface area contributed by atoms with Crippen LogP contribution in [-0.2, 0) is 29.0 Å². The second-order valence-electron chi connectivity index (χ2n) is 9.34. The monoisotopic (exact) mass is 576 g/mol. The lowest BCUT2D eigenvalue weighted by molar-refractivity contribution is -0.141. The highest BCUT2D eigenvalue weighted by molar-refractivity contribution is 6.42. The standard InChI is InChI=1S/C29H28Cl4N2O2/c30-23-11-6-12-24(31)22(23)18-35(28(36)17-20-13-14-25(32)26(33)15-20)27(16-19-7-2-1-3-8-19)29(37)34-21-9-4-5-10-21/h1-3,6-8,11-15,21,27H,4-5,9-10,16-18H2,(H,34,37). The van der Waals surface area contributed by atoms with E-state index in [1.165, 1.54) is 0 Å². The predicted molar refractivity (Wildman–Crippen MR) is 152 cm³/mol. The Morgan fingerprint density at radius 3 is 2.14 bits per heavy atom. The van der Waals surface area contributed by atoms with Gasteiger partial charge in [-0.05, 0) is 48.2 Å². The lowest BCUT2D eigenvalue weighted by atomic mass is 10.0. The second kappa shape index (κ2) is 13.0. The maximum atomic E-state index is 13.9. The minimum Gasteiger partial charge on any atom is -0.352 e. The molecule has 0 radical (unpaired) electrons. The van der Waals surface area contributed by atoms with Crippen molar-refractivity contribution in [3.8, 4) is 0 Å². The molecular formula is C29H28Cl4N2O2. The Labute approximate surface area is 237 Å². The van der Waals surface area contributed by atoms with Gasteiger partial charge in [-0.15, -0.1) is 0 Å². The van der Waals surface area contributed by atoms with E-state index >= 15 is 0 Å². The van der Waals surface area contributed by atoms with Gasteiger partial charge in [-0.25, -0.2) is 0 Å². The summed E-state index contributed by atoms with van der Waals surface area (Å²) in [5.74, 6) is -0.418. The smallest absolute Gasteiger partial charge is 0.243 e. The van der Waals surface area contributed by atoms with Gasteiger partial charge in [-0.1, -0.05) is 102 Å². The number of benzene rings is 3. The van der Waals surface area contributed by atoms with Crippen LogP contribution in [0.4, 0.5) is 0 Å². The largest absolute Gasteiger partial charge is 0.352 e. The van der Waals surface area contributed by atoms with Gasteiger partial charge in [0.25, 0.3) is 0 Å². The fraction of sp³-hybridized carbons (Fsp3) is 0.310. The van der Waals surface area contributed by atoms with Gasteiger partial charge in [0.1, 0.15) is 6.04 Å². The molecule has 1 saturated carbocycles. The normalized spacial score (nSPS) is 14.4.